The summed E-state index contributed by atoms with van der Waals surface area (Å²) >= 11 is 1.76. The number of nitrogens with zero attached hydrogens (tertiary/aromatic N) is 2. The summed E-state index contributed by atoms with van der Waals surface area (Å²) in [5.74, 6) is 0.201. The van der Waals surface area contributed by atoms with Crippen LogP contribution in [0.2, 0.25) is 0 Å². The largest absolute Gasteiger partial charge is 0.350 e. The van der Waals surface area contributed by atoms with Gasteiger partial charge in [0.15, 0.2) is 0 Å². The topological polar surface area (TPSA) is 62.3 Å². The van der Waals surface area contributed by atoms with Gasteiger partial charge in [0.25, 0.3) is 0 Å². The highest BCUT2D eigenvalue weighted by Crippen LogP contribution is 2.31. The minimum Gasteiger partial charge on any atom is -0.350 e. The van der Waals surface area contributed by atoms with Crippen molar-refractivity contribution in [1.82, 2.24) is 15.2 Å². The molecule has 5 rings (SSSR count). The fourth-order valence-electron chi connectivity index (χ4n) is 5.22. The van der Waals surface area contributed by atoms with Gasteiger partial charge in [-0.3, -0.25) is 9.59 Å². The van der Waals surface area contributed by atoms with Gasteiger partial charge in [-0.2, -0.15) is 0 Å². The van der Waals surface area contributed by atoms with E-state index >= 15 is 0 Å². The number of hydrogen-bond donors (Lipinski definition) is 1. The van der Waals surface area contributed by atoms with Gasteiger partial charge in [0.2, 0.25) is 11.8 Å². The molecule has 1 N–H and O–H groups in total. The summed E-state index contributed by atoms with van der Waals surface area (Å²) in [6, 6.07) is 14.8. The van der Waals surface area contributed by atoms with Gasteiger partial charge in [-0.05, 0) is 61.3 Å². The molecule has 3 aromatic rings. The third kappa shape index (κ3) is 4.96. The van der Waals surface area contributed by atoms with Crippen LogP contribution in [0.15, 0.2) is 42.5 Å². The van der Waals surface area contributed by atoms with Crippen LogP contribution in [0.4, 0.5) is 0 Å². The summed E-state index contributed by atoms with van der Waals surface area (Å²) in [6.07, 6.45) is 7.79. The lowest BCUT2D eigenvalue weighted by Crippen LogP contribution is -2.44. The highest BCUT2D eigenvalue weighted by Gasteiger charge is 2.38. The molecule has 1 saturated heterocycles. The van der Waals surface area contributed by atoms with Crippen molar-refractivity contribution < 1.29 is 9.59 Å². The Balaban J connectivity index is 1.24. The molecule has 1 aromatic heterocycles. The summed E-state index contributed by atoms with van der Waals surface area (Å²) in [5.41, 5.74) is 2.09. The van der Waals surface area contributed by atoms with E-state index in [1.165, 1.54) is 39.7 Å². The Morgan fingerprint density at radius 1 is 1.12 bits per heavy atom. The van der Waals surface area contributed by atoms with Crippen LogP contribution in [-0.2, 0) is 35.4 Å². The number of thiazole rings is 1. The number of carbonyl (C=O) groups excluding carboxylic acids is 2. The number of rotatable bonds is 7. The second-order valence-electron chi connectivity index (χ2n) is 9.62. The number of carbonyl (C=O) groups is 2. The van der Waals surface area contributed by atoms with Crippen LogP contribution >= 0.6 is 11.3 Å². The second-order valence-corrected chi connectivity index (χ2v) is 10.8. The van der Waals surface area contributed by atoms with Crippen molar-refractivity contribution in [3.05, 3.63) is 63.6 Å². The molecule has 0 saturated carbocycles. The van der Waals surface area contributed by atoms with Gasteiger partial charge in [0.1, 0.15) is 5.01 Å². The Morgan fingerprint density at radius 2 is 1.94 bits per heavy atom. The second kappa shape index (κ2) is 9.26. The van der Waals surface area contributed by atoms with E-state index < -0.39 is 0 Å². The Bertz CT molecular complexity index is 1160. The molecule has 1 fully saturated rings. The standard InChI is InChI=1S/C27H31N3O2S/c1-30(18-25-28-22-8-4-5-9-23(22)33-25)26(32)13-15-27(14-12-24(31)29-27)17-19-10-11-20-6-2-3-7-21(20)16-19/h2-3,6-7,10-11,16H,4-5,8-9,12-15,17-18H2,1H3,(H,29,31)/t27-/m0/s1. The molecule has 1 atom stereocenters. The predicted octanol–water partition coefficient (Wildman–Crippen LogP) is 4.81. The first kappa shape index (κ1) is 22.1. The summed E-state index contributed by atoms with van der Waals surface area (Å²) < 4.78 is 0. The first-order chi connectivity index (χ1) is 16.0. The van der Waals surface area contributed by atoms with E-state index in [1.54, 1.807) is 16.2 Å². The van der Waals surface area contributed by atoms with Gasteiger partial charge in [-0.25, -0.2) is 4.98 Å². The van der Waals surface area contributed by atoms with Gasteiger partial charge in [-0.15, -0.1) is 11.3 Å². The maximum atomic E-state index is 13.0. The van der Waals surface area contributed by atoms with Crippen molar-refractivity contribution in [2.45, 2.75) is 69.9 Å². The van der Waals surface area contributed by atoms with Crippen molar-refractivity contribution in [3.63, 3.8) is 0 Å². The minimum atomic E-state index is -0.351. The van der Waals surface area contributed by atoms with Crippen LogP contribution in [0.25, 0.3) is 10.8 Å². The van der Waals surface area contributed by atoms with Gasteiger partial charge >= 0.3 is 0 Å². The van der Waals surface area contributed by atoms with Crippen LogP contribution in [0, 0.1) is 0 Å². The van der Waals surface area contributed by atoms with Crippen molar-refractivity contribution in [3.8, 4) is 0 Å². The number of benzene rings is 2. The molecule has 172 valence electrons. The molecule has 0 unspecified atom stereocenters. The van der Waals surface area contributed by atoms with Crippen molar-refractivity contribution in [1.29, 1.82) is 0 Å². The van der Waals surface area contributed by atoms with E-state index in [9.17, 15) is 9.59 Å². The third-order valence-electron chi connectivity index (χ3n) is 7.10. The highest BCUT2D eigenvalue weighted by atomic mass is 32.1. The van der Waals surface area contributed by atoms with Crippen molar-refractivity contribution in [2.75, 3.05) is 7.05 Å². The monoisotopic (exact) mass is 461 g/mol. The van der Waals surface area contributed by atoms with Crippen LogP contribution in [-0.4, -0.2) is 34.3 Å². The number of amides is 2. The Morgan fingerprint density at radius 3 is 2.73 bits per heavy atom. The van der Waals surface area contributed by atoms with Crippen LogP contribution < -0.4 is 5.32 Å². The van der Waals surface area contributed by atoms with Crippen LogP contribution in [0.3, 0.4) is 0 Å². The van der Waals surface area contributed by atoms with E-state index in [0.717, 1.165) is 30.7 Å². The maximum absolute atomic E-state index is 13.0. The van der Waals surface area contributed by atoms with E-state index in [0.29, 0.717) is 25.8 Å². The molecule has 1 aliphatic heterocycles. The average molecular weight is 462 g/mol. The van der Waals surface area contributed by atoms with Gasteiger partial charge in [-0.1, -0.05) is 42.5 Å². The molecule has 0 radical (unpaired) electrons. The van der Waals surface area contributed by atoms with Gasteiger partial charge in [0.05, 0.1) is 12.2 Å². The normalized spacial score (nSPS) is 20.0. The average Bonchev–Trinajstić information content (AvgIpc) is 3.40. The zero-order chi connectivity index (χ0) is 22.8. The van der Waals surface area contributed by atoms with E-state index in [2.05, 4.69) is 35.6 Å². The SMILES string of the molecule is CN(Cc1nc2c(s1)CCCC2)C(=O)CC[C@]1(Cc2ccc3ccccc3c2)CCC(=O)N1. The van der Waals surface area contributed by atoms with Gasteiger partial charge in [0, 0.05) is 30.3 Å². The Hall–Kier alpha value is -2.73. The highest BCUT2D eigenvalue weighted by molar-refractivity contribution is 7.11. The van der Waals surface area contributed by atoms with E-state index in [1.807, 2.05) is 19.2 Å². The Labute approximate surface area is 199 Å². The first-order valence-electron chi connectivity index (χ1n) is 12.0. The molecule has 2 aromatic carbocycles. The van der Waals surface area contributed by atoms with Crippen molar-refractivity contribution in [2.24, 2.45) is 0 Å². The molecule has 2 heterocycles. The number of aryl methyl sites for hydroxylation is 2. The minimum absolute atomic E-state index is 0.0879. The molecule has 2 amide bonds. The van der Waals surface area contributed by atoms with E-state index in [-0.39, 0.29) is 17.4 Å². The first-order valence-corrected chi connectivity index (χ1v) is 12.8. The number of nitrogens with one attached hydrogen (secondary N) is 1. The lowest BCUT2D eigenvalue weighted by atomic mass is 9.84. The molecular weight excluding hydrogens is 430 g/mol. The van der Waals surface area contributed by atoms with Crippen LogP contribution in [0.1, 0.15) is 59.7 Å². The fourth-order valence-corrected chi connectivity index (χ4v) is 6.43. The Kier molecular flexibility index (Phi) is 6.19. The summed E-state index contributed by atoms with van der Waals surface area (Å²) in [4.78, 5) is 33.1. The molecule has 33 heavy (non-hydrogen) atoms. The summed E-state index contributed by atoms with van der Waals surface area (Å²) in [7, 11) is 1.87. The summed E-state index contributed by atoms with van der Waals surface area (Å²) in [5, 5.41) is 6.68. The number of fused-ring (bicyclic) bond motifs is 2. The number of hydrogen-bond acceptors (Lipinski definition) is 4. The fraction of sp³-hybridized carbons (Fsp3) is 0.444. The van der Waals surface area contributed by atoms with E-state index in [4.69, 9.17) is 4.98 Å². The number of aromatic nitrogens is 1. The zero-order valence-electron chi connectivity index (χ0n) is 19.2. The third-order valence-corrected chi connectivity index (χ3v) is 8.24. The molecule has 6 heteroatoms. The molecule has 5 nitrogen and oxygen atoms in total. The van der Waals surface area contributed by atoms with Crippen LogP contribution in [0.5, 0.6) is 0 Å². The smallest absolute Gasteiger partial charge is 0.222 e. The molecular formula is C27H31N3O2S. The zero-order valence-corrected chi connectivity index (χ0v) is 20.0. The quantitative estimate of drug-likeness (QED) is 0.549. The molecule has 2 aliphatic rings. The lowest BCUT2D eigenvalue weighted by Gasteiger charge is -2.30. The summed E-state index contributed by atoms with van der Waals surface area (Å²) in [6.45, 7) is 0.570. The van der Waals surface area contributed by atoms with Gasteiger partial charge < -0.3 is 10.2 Å². The predicted molar refractivity (Wildman–Crippen MR) is 132 cm³/mol. The molecule has 1 aliphatic carbocycles. The van der Waals surface area contributed by atoms with Crippen molar-refractivity contribution >= 4 is 33.9 Å². The lowest BCUT2D eigenvalue weighted by molar-refractivity contribution is -0.131. The molecule has 0 spiro atoms. The molecule has 0 bridgehead atoms. The maximum Gasteiger partial charge on any atom is 0.222 e.